The van der Waals surface area contributed by atoms with E-state index < -0.39 is 124 Å². The van der Waals surface area contributed by atoms with Gasteiger partial charge < -0.3 is 0 Å². The fraction of sp³-hybridized carbons (Fsp3) is 0. The predicted molar refractivity (Wildman–Crippen MR) is 154 cm³/mol. The number of hydrogen-bond acceptors (Lipinski definition) is 4. The van der Waals surface area contributed by atoms with Crippen LogP contribution in [0.1, 0.15) is 38.9 Å². The number of halogens is 6. The zero-order valence-corrected chi connectivity index (χ0v) is 23.2. The molecule has 0 saturated heterocycles. The second-order valence-electron chi connectivity index (χ2n) is 9.54. The largest absolute Gasteiger partial charge is 0.270 e. The molecular formula is C34H4F6N8. The van der Waals surface area contributed by atoms with Gasteiger partial charge in [0.2, 0.25) is 11.4 Å². The van der Waals surface area contributed by atoms with Gasteiger partial charge >= 0.3 is 0 Å². The summed E-state index contributed by atoms with van der Waals surface area (Å²) >= 11 is 0. The zero-order chi connectivity index (χ0) is 35.2. The van der Waals surface area contributed by atoms with Crippen molar-refractivity contribution < 1.29 is 26.3 Å². The van der Waals surface area contributed by atoms with E-state index in [-0.39, 0.29) is 0 Å². The molecule has 0 aromatic heterocycles. The van der Waals surface area contributed by atoms with Gasteiger partial charge in [-0.3, -0.25) is 0 Å². The summed E-state index contributed by atoms with van der Waals surface area (Å²) in [6.45, 7) is 29.8. The van der Waals surface area contributed by atoms with Gasteiger partial charge in [0.1, 0.15) is 47.0 Å². The Balaban J connectivity index is 2.06. The summed E-state index contributed by atoms with van der Waals surface area (Å²) in [6, 6.07) is 7.45. The molecule has 3 aromatic rings. The van der Waals surface area contributed by atoms with E-state index in [2.05, 4.69) is 19.4 Å². The van der Waals surface area contributed by atoms with Crippen molar-refractivity contribution in [2.24, 2.45) is 0 Å². The summed E-state index contributed by atoms with van der Waals surface area (Å²) in [6.07, 6.45) is 0. The summed E-state index contributed by atoms with van der Waals surface area (Å²) in [5.41, 5.74) is -14.9. The Labute approximate surface area is 266 Å². The summed E-state index contributed by atoms with van der Waals surface area (Å²) in [7, 11) is 0. The molecule has 0 aliphatic heterocycles. The van der Waals surface area contributed by atoms with Crippen molar-refractivity contribution in [1.82, 2.24) is 0 Å². The molecule has 0 radical (unpaired) electrons. The molecule has 0 spiro atoms. The molecule has 0 N–H and O–H groups in total. The first-order chi connectivity index (χ1) is 23.0. The Morgan fingerprint density at radius 1 is 0.562 bits per heavy atom. The van der Waals surface area contributed by atoms with Crippen LogP contribution in [0.5, 0.6) is 0 Å². The van der Waals surface area contributed by atoms with Gasteiger partial charge in [0, 0.05) is 44.5 Å². The highest BCUT2D eigenvalue weighted by atomic mass is 19.1. The van der Waals surface area contributed by atoms with Gasteiger partial charge in [-0.2, -0.15) is 10.5 Å². The lowest BCUT2D eigenvalue weighted by Gasteiger charge is -2.16. The molecule has 0 atom stereocenters. The third kappa shape index (κ3) is 4.18. The van der Waals surface area contributed by atoms with E-state index in [0.29, 0.717) is 24.3 Å². The lowest BCUT2D eigenvalue weighted by Crippen LogP contribution is -2.05. The maximum Gasteiger partial charge on any atom is 0.270 e. The number of benzene rings is 3. The van der Waals surface area contributed by atoms with Crippen molar-refractivity contribution in [2.45, 2.75) is 0 Å². The van der Waals surface area contributed by atoms with Crippen molar-refractivity contribution in [3.05, 3.63) is 155 Å². The smallest absolute Gasteiger partial charge is 0.237 e. The van der Waals surface area contributed by atoms with Crippen molar-refractivity contribution in [1.29, 1.82) is 21.0 Å². The lowest BCUT2D eigenvalue weighted by atomic mass is 9.89. The Bertz CT molecular complexity index is 2400. The molecule has 0 unspecified atom stereocenters. The average Bonchev–Trinajstić information content (AvgIpc) is 3.60. The topological polar surface area (TPSA) is 113 Å². The molecule has 3 aromatic carbocycles. The molecule has 2 aliphatic carbocycles. The highest BCUT2D eigenvalue weighted by molar-refractivity contribution is 6.29. The van der Waals surface area contributed by atoms with Gasteiger partial charge in [-0.15, -0.1) is 0 Å². The van der Waals surface area contributed by atoms with Gasteiger partial charge in [-0.05, 0) is 35.4 Å². The number of fused-ring (bicyclic) bond motifs is 2. The van der Waals surface area contributed by atoms with Gasteiger partial charge in [0.15, 0.2) is 0 Å². The van der Waals surface area contributed by atoms with Gasteiger partial charge in [0.05, 0.1) is 49.6 Å². The van der Waals surface area contributed by atoms with Crippen LogP contribution in [-0.4, -0.2) is 0 Å². The van der Waals surface area contributed by atoms with Gasteiger partial charge in [-0.25, -0.2) is 56.2 Å². The summed E-state index contributed by atoms with van der Waals surface area (Å²) < 4.78 is 94.2. The lowest BCUT2D eigenvalue weighted by molar-refractivity contribution is 0.590. The molecule has 0 amide bonds. The summed E-state index contributed by atoms with van der Waals surface area (Å²) in [5, 5.41) is 38.9. The van der Waals surface area contributed by atoms with Crippen LogP contribution < -0.4 is 0 Å². The van der Waals surface area contributed by atoms with Crippen LogP contribution in [0.15, 0.2) is 35.7 Å². The van der Waals surface area contributed by atoms with E-state index in [1.54, 1.807) is 0 Å². The van der Waals surface area contributed by atoms with Crippen LogP contribution >= 0.6 is 0 Å². The minimum Gasteiger partial charge on any atom is -0.237 e. The van der Waals surface area contributed by atoms with Crippen molar-refractivity contribution in [3.63, 3.8) is 0 Å². The highest BCUT2D eigenvalue weighted by Crippen LogP contribution is 2.58. The highest BCUT2D eigenvalue weighted by Gasteiger charge is 2.44. The quantitative estimate of drug-likeness (QED) is 0.159. The third-order valence-electron chi connectivity index (χ3n) is 7.36. The number of nitrogens with zero attached hydrogens (tertiary/aromatic N) is 8. The van der Waals surface area contributed by atoms with Crippen LogP contribution in [0.3, 0.4) is 0 Å². The first kappa shape index (κ1) is 31.5. The molecule has 0 fully saturated rings. The molecule has 222 valence electrons. The average molecular weight is 638 g/mol. The first-order valence-corrected chi connectivity index (χ1v) is 12.6. The fourth-order valence-corrected chi connectivity index (χ4v) is 5.50. The first-order valence-electron chi connectivity index (χ1n) is 12.6. The van der Waals surface area contributed by atoms with Crippen LogP contribution in [0, 0.1) is 107 Å². The Hall–Kier alpha value is -7.88. The molecule has 2 aliphatic rings. The molecule has 8 nitrogen and oxygen atoms in total. The number of hydrogen-bond donors (Lipinski definition) is 0. The van der Waals surface area contributed by atoms with Gasteiger partial charge in [-0.1, -0.05) is 0 Å². The molecule has 0 heterocycles. The van der Waals surface area contributed by atoms with Gasteiger partial charge in [0.25, 0.3) is 11.4 Å². The maximum absolute atomic E-state index is 17.1. The summed E-state index contributed by atoms with van der Waals surface area (Å²) in [5.74, 6) is -8.72. The Kier molecular flexibility index (Phi) is 7.60. The SMILES string of the molecule is [C-]#[N+]C1=C(c2cc(F)c([N+]#[C-])cc2F)/C(=C(/C#N)[N+]#[C-])c2c(F)c3c(c(F)c21)C(C#N)=C(c1cc(F)c(C#N)cc1F)/C3=C(\C#N)[N+]#[C-]. The second-order valence-corrected chi connectivity index (χ2v) is 9.54. The monoisotopic (exact) mass is 638 g/mol. The van der Waals surface area contributed by atoms with Crippen LogP contribution in [-0.2, 0) is 0 Å². The summed E-state index contributed by atoms with van der Waals surface area (Å²) in [4.78, 5) is 11.9. The van der Waals surface area contributed by atoms with E-state index in [1.165, 1.54) is 24.3 Å². The minimum atomic E-state index is -1.66. The zero-order valence-electron chi connectivity index (χ0n) is 23.2. The number of rotatable bonds is 2. The Morgan fingerprint density at radius 2 is 1.08 bits per heavy atom. The molecule has 5 rings (SSSR count). The van der Waals surface area contributed by atoms with E-state index in [1.807, 2.05) is 0 Å². The standard InChI is InChI=1S/C34H4F6N8/c1-45-21-8-19(37)15(7-20(21)38)26-28(23(12-44)47-3)30-31(34(26)48-4)32(39)25-16(10-42)24(14-6-17(35)13(9-41)5-18(14)36)27(22(11-43)46-2)29(25)33(30)40/h5-8H/b27-22-,28-23+. The van der Waals surface area contributed by atoms with Crippen LogP contribution in [0.25, 0.3) is 52.9 Å². The van der Waals surface area contributed by atoms with E-state index in [9.17, 15) is 24.6 Å². The molecule has 48 heavy (non-hydrogen) atoms. The number of allylic oxidation sites excluding steroid dienone is 7. The normalized spacial score (nSPS) is 14.6. The van der Waals surface area contributed by atoms with Crippen LogP contribution in [0.2, 0.25) is 0 Å². The van der Waals surface area contributed by atoms with Crippen molar-refractivity contribution in [2.75, 3.05) is 0 Å². The molecular weight excluding hydrogens is 634 g/mol. The predicted octanol–water partition coefficient (Wildman–Crippen LogP) is 8.50. The maximum atomic E-state index is 17.1. The Morgan fingerprint density at radius 3 is 1.60 bits per heavy atom. The molecule has 0 saturated carbocycles. The van der Waals surface area contributed by atoms with E-state index in [4.69, 9.17) is 31.6 Å². The van der Waals surface area contributed by atoms with E-state index >= 15 is 17.6 Å². The number of nitriles is 4. The molecule has 14 heteroatoms. The fourth-order valence-electron chi connectivity index (χ4n) is 5.50. The third-order valence-corrected chi connectivity index (χ3v) is 7.36. The second kappa shape index (κ2) is 11.6. The van der Waals surface area contributed by atoms with Crippen LogP contribution in [0.4, 0.5) is 32.0 Å². The van der Waals surface area contributed by atoms with Crippen molar-refractivity contribution >= 4 is 39.2 Å². The van der Waals surface area contributed by atoms with Crippen molar-refractivity contribution in [3.8, 4) is 24.3 Å². The molecule has 0 bridgehead atoms. The minimum absolute atomic E-state index is 0.415. The van der Waals surface area contributed by atoms with E-state index in [0.717, 1.165) is 0 Å².